The van der Waals surface area contributed by atoms with Gasteiger partial charge in [-0.25, -0.2) is 9.48 Å². The van der Waals surface area contributed by atoms with Crippen LogP contribution in [0, 0.1) is 3.57 Å². The number of rotatable bonds is 3. The lowest BCUT2D eigenvalue weighted by Crippen LogP contribution is -2.16. The monoisotopic (exact) mass is 478 g/mol. The van der Waals surface area contributed by atoms with E-state index in [1.54, 1.807) is 0 Å². The van der Waals surface area contributed by atoms with Crippen LogP contribution in [0.25, 0.3) is 5.69 Å². The maximum Gasteiger partial charge on any atom is 0.436 e. The minimum atomic E-state index is -4.90. The van der Waals surface area contributed by atoms with Crippen molar-refractivity contribution >= 4 is 28.6 Å². The average molecular weight is 478 g/mol. The second-order valence-corrected chi connectivity index (χ2v) is 5.88. The molecule has 0 unspecified atom stereocenters. The highest BCUT2D eigenvalue weighted by atomic mass is 127. The number of halogens is 7. The molecule has 0 N–H and O–H groups in total. The largest absolute Gasteiger partial charge is 0.462 e. The molecule has 1 heterocycles. The van der Waals surface area contributed by atoms with Crippen molar-refractivity contribution in [3.05, 3.63) is 44.8 Å². The average Bonchev–Trinajstić information content (AvgIpc) is 2.88. The zero-order valence-electron chi connectivity index (χ0n) is 12.4. The third kappa shape index (κ3) is 4.25. The Kier molecular flexibility index (Phi) is 5.35. The molecule has 2 rings (SSSR count). The van der Waals surface area contributed by atoms with Gasteiger partial charge >= 0.3 is 18.3 Å². The summed E-state index contributed by atoms with van der Waals surface area (Å²) in [5.41, 5.74) is -3.52. The molecule has 2 aromatic rings. The molecule has 11 heteroatoms. The number of esters is 1. The topological polar surface area (TPSA) is 44.1 Å². The van der Waals surface area contributed by atoms with Crippen LogP contribution in [0.1, 0.15) is 28.5 Å². The lowest BCUT2D eigenvalue weighted by Gasteiger charge is -2.13. The first-order valence-electron chi connectivity index (χ1n) is 6.66. The fourth-order valence-corrected chi connectivity index (χ4v) is 2.65. The Labute approximate surface area is 150 Å². The van der Waals surface area contributed by atoms with Crippen LogP contribution < -0.4 is 0 Å². The van der Waals surface area contributed by atoms with E-state index >= 15 is 0 Å². The van der Waals surface area contributed by atoms with E-state index in [0.29, 0.717) is 10.7 Å². The zero-order valence-corrected chi connectivity index (χ0v) is 14.5. The van der Waals surface area contributed by atoms with Crippen molar-refractivity contribution in [2.75, 3.05) is 6.61 Å². The first-order valence-corrected chi connectivity index (χ1v) is 7.74. The first-order chi connectivity index (χ1) is 11.4. The quantitative estimate of drug-likeness (QED) is 0.366. The molecule has 1 aromatic heterocycles. The third-order valence-corrected chi connectivity index (χ3v) is 3.80. The molecule has 0 fully saturated rings. The van der Waals surface area contributed by atoms with Crippen molar-refractivity contribution in [1.82, 2.24) is 9.78 Å². The number of hydrogen-bond acceptors (Lipinski definition) is 3. The van der Waals surface area contributed by atoms with Crippen molar-refractivity contribution in [3.63, 3.8) is 0 Å². The van der Waals surface area contributed by atoms with Gasteiger partial charge in [0.25, 0.3) is 0 Å². The Morgan fingerprint density at radius 1 is 1.20 bits per heavy atom. The van der Waals surface area contributed by atoms with Crippen molar-refractivity contribution in [2.45, 2.75) is 19.3 Å². The standard InChI is InChI=1S/C14H9F6IN2O2/c1-2-25-12(24)8-4-3-7(5-9(8)13(15,16)17)23-6-10(21)11(22-23)14(18,19)20/h3-6H,2H2,1H3. The first kappa shape index (κ1) is 19.5. The van der Waals surface area contributed by atoms with Crippen LogP contribution in [0.3, 0.4) is 0 Å². The maximum absolute atomic E-state index is 13.2. The number of carbonyl (C=O) groups excluding carboxylic acids is 1. The Morgan fingerprint density at radius 3 is 2.32 bits per heavy atom. The van der Waals surface area contributed by atoms with Crippen molar-refractivity contribution in [3.8, 4) is 5.69 Å². The number of benzene rings is 1. The number of alkyl halides is 6. The molecular weight excluding hydrogens is 469 g/mol. The van der Waals surface area contributed by atoms with Crippen LogP contribution in [-0.4, -0.2) is 22.4 Å². The molecule has 0 saturated heterocycles. The highest BCUT2D eigenvalue weighted by Gasteiger charge is 2.38. The summed E-state index contributed by atoms with van der Waals surface area (Å²) < 4.78 is 82.9. The predicted molar refractivity (Wildman–Crippen MR) is 82.2 cm³/mol. The molecule has 0 radical (unpaired) electrons. The van der Waals surface area contributed by atoms with Gasteiger partial charge < -0.3 is 4.74 Å². The zero-order chi connectivity index (χ0) is 19.0. The van der Waals surface area contributed by atoms with E-state index in [4.69, 9.17) is 0 Å². The van der Waals surface area contributed by atoms with Gasteiger partial charge in [-0.2, -0.15) is 31.4 Å². The van der Waals surface area contributed by atoms with E-state index in [2.05, 4.69) is 9.84 Å². The highest BCUT2D eigenvalue weighted by molar-refractivity contribution is 14.1. The predicted octanol–water partition coefficient (Wildman–Crippen LogP) is 4.69. The van der Waals surface area contributed by atoms with Gasteiger partial charge in [0.15, 0.2) is 5.69 Å². The summed E-state index contributed by atoms with van der Waals surface area (Å²) in [7, 11) is 0. The molecule has 0 saturated carbocycles. The van der Waals surface area contributed by atoms with E-state index in [1.807, 2.05) is 0 Å². The summed E-state index contributed by atoms with van der Waals surface area (Å²) in [5.74, 6) is -1.17. The molecule has 0 aliphatic rings. The fraction of sp³-hybridized carbons (Fsp3) is 0.286. The fourth-order valence-electron chi connectivity index (χ4n) is 1.97. The van der Waals surface area contributed by atoms with Crippen LogP contribution in [0.2, 0.25) is 0 Å². The van der Waals surface area contributed by atoms with Gasteiger partial charge in [0.05, 0.1) is 27.0 Å². The van der Waals surface area contributed by atoms with Gasteiger partial charge in [0.2, 0.25) is 0 Å². The van der Waals surface area contributed by atoms with Crippen LogP contribution in [0.4, 0.5) is 26.3 Å². The van der Waals surface area contributed by atoms with Gasteiger partial charge in [-0.15, -0.1) is 0 Å². The Morgan fingerprint density at radius 2 is 1.84 bits per heavy atom. The molecule has 0 bridgehead atoms. The molecule has 25 heavy (non-hydrogen) atoms. The summed E-state index contributed by atoms with van der Waals surface area (Å²) in [5, 5.41) is 3.29. The number of nitrogens with zero attached hydrogens (tertiary/aromatic N) is 2. The van der Waals surface area contributed by atoms with Gasteiger partial charge in [-0.05, 0) is 47.7 Å². The summed E-state index contributed by atoms with van der Waals surface area (Å²) >= 11 is 1.39. The summed E-state index contributed by atoms with van der Waals surface area (Å²) in [4.78, 5) is 11.7. The van der Waals surface area contributed by atoms with E-state index in [-0.39, 0.29) is 15.9 Å². The normalized spacial score (nSPS) is 12.3. The molecule has 0 aliphatic carbocycles. The SMILES string of the molecule is CCOC(=O)c1ccc(-n2cc(I)c(C(F)(F)F)n2)cc1C(F)(F)F. The lowest BCUT2D eigenvalue weighted by atomic mass is 10.1. The molecule has 1 aromatic carbocycles. The van der Waals surface area contributed by atoms with E-state index in [1.165, 1.54) is 29.5 Å². The number of aromatic nitrogens is 2. The second kappa shape index (κ2) is 6.84. The molecular formula is C14H9F6IN2O2. The van der Waals surface area contributed by atoms with Gasteiger partial charge in [0, 0.05) is 6.20 Å². The Hall–Kier alpha value is -1.79. The van der Waals surface area contributed by atoms with Crippen molar-refractivity contribution in [1.29, 1.82) is 0 Å². The van der Waals surface area contributed by atoms with Crippen LogP contribution in [-0.2, 0) is 17.1 Å². The molecule has 0 atom stereocenters. The van der Waals surface area contributed by atoms with E-state index in [0.717, 1.165) is 18.3 Å². The van der Waals surface area contributed by atoms with Crippen molar-refractivity contribution < 1.29 is 35.9 Å². The molecule has 0 amide bonds. The minimum absolute atomic E-state index is 0.121. The molecule has 4 nitrogen and oxygen atoms in total. The number of ether oxygens (including phenoxy) is 1. The summed E-state index contributed by atoms with van der Waals surface area (Å²) in [6.45, 7) is 1.31. The van der Waals surface area contributed by atoms with Crippen molar-refractivity contribution in [2.24, 2.45) is 0 Å². The Bertz CT molecular complexity index is 798. The van der Waals surface area contributed by atoms with Gasteiger partial charge in [-0.1, -0.05) is 0 Å². The highest BCUT2D eigenvalue weighted by Crippen LogP contribution is 2.35. The number of carbonyl (C=O) groups is 1. The minimum Gasteiger partial charge on any atom is -0.462 e. The van der Waals surface area contributed by atoms with E-state index < -0.39 is 35.1 Å². The molecule has 0 aliphatic heterocycles. The smallest absolute Gasteiger partial charge is 0.436 e. The maximum atomic E-state index is 13.2. The van der Waals surface area contributed by atoms with Crippen LogP contribution in [0.5, 0.6) is 0 Å². The van der Waals surface area contributed by atoms with Gasteiger partial charge in [0.1, 0.15) is 0 Å². The molecule has 0 spiro atoms. The Balaban J connectivity index is 2.56. The lowest BCUT2D eigenvalue weighted by molar-refractivity contribution is -0.142. The van der Waals surface area contributed by atoms with E-state index in [9.17, 15) is 31.1 Å². The summed E-state index contributed by atoms with van der Waals surface area (Å²) in [6.07, 6.45) is -8.69. The molecule has 136 valence electrons. The van der Waals surface area contributed by atoms with Crippen LogP contribution in [0.15, 0.2) is 24.4 Å². The van der Waals surface area contributed by atoms with Gasteiger partial charge in [-0.3, -0.25) is 0 Å². The van der Waals surface area contributed by atoms with Crippen LogP contribution >= 0.6 is 22.6 Å². The number of hydrogen-bond donors (Lipinski definition) is 0. The third-order valence-electron chi connectivity index (χ3n) is 3.01. The summed E-state index contributed by atoms with van der Waals surface area (Å²) in [6, 6.07) is 2.46. The second-order valence-electron chi connectivity index (χ2n) is 4.72.